The highest BCUT2D eigenvalue weighted by atomic mass is 32.2. The molecule has 1 saturated heterocycles. The average molecular weight is 604 g/mol. The van der Waals surface area contributed by atoms with Crippen molar-refractivity contribution in [2.24, 2.45) is 30.7 Å². The zero-order chi connectivity index (χ0) is 29.6. The predicted octanol–water partition coefficient (Wildman–Crippen LogP) is 5.98. The molecule has 10 heteroatoms. The molecular formula is C33H41N5O4S. The number of carbonyl (C=O) groups excluding carboxylic acids is 1. The van der Waals surface area contributed by atoms with Gasteiger partial charge in [0.05, 0.1) is 18.8 Å². The van der Waals surface area contributed by atoms with Gasteiger partial charge in [-0.2, -0.15) is 0 Å². The van der Waals surface area contributed by atoms with Crippen LogP contribution in [0.15, 0.2) is 60.0 Å². The number of aliphatic hydroxyl groups excluding tert-OH is 1. The second kappa shape index (κ2) is 11.9. The average Bonchev–Trinajstić information content (AvgIpc) is 3.40. The molecule has 5 aliphatic rings. The number of urea groups is 1. The maximum atomic E-state index is 13.1. The minimum Gasteiger partial charge on any atom is -0.392 e. The summed E-state index contributed by atoms with van der Waals surface area (Å²) in [7, 11) is 1.93. The molecule has 3 N–H and O–H groups in total. The van der Waals surface area contributed by atoms with E-state index in [1.165, 1.54) is 19.3 Å². The third-order valence-electron chi connectivity index (χ3n) is 10.0. The lowest BCUT2D eigenvalue weighted by Gasteiger charge is -2.56. The van der Waals surface area contributed by atoms with Gasteiger partial charge in [0.2, 0.25) is 0 Å². The highest BCUT2D eigenvalue weighted by Crippen LogP contribution is 2.55. The highest BCUT2D eigenvalue weighted by molar-refractivity contribution is 7.99. The Hall–Kier alpha value is -2.92. The molecule has 4 bridgehead atoms. The Morgan fingerprint density at radius 3 is 2.26 bits per heavy atom. The van der Waals surface area contributed by atoms with E-state index in [1.807, 2.05) is 60.1 Å². The van der Waals surface area contributed by atoms with Crippen LogP contribution in [0.3, 0.4) is 0 Å². The number of aliphatic hydroxyl groups is 1. The number of rotatable bonds is 8. The topological polar surface area (TPSA) is 111 Å². The van der Waals surface area contributed by atoms with Gasteiger partial charge in [-0.05, 0) is 79.5 Å². The molecule has 0 spiro atoms. The first-order valence-corrected chi connectivity index (χ1v) is 16.5. The number of nitrogens with zero attached hydrogens (tertiary/aromatic N) is 3. The fourth-order valence-electron chi connectivity index (χ4n) is 8.26. The van der Waals surface area contributed by atoms with E-state index >= 15 is 0 Å². The molecule has 4 atom stereocenters. The summed E-state index contributed by atoms with van der Waals surface area (Å²) >= 11 is 1.62. The van der Waals surface area contributed by atoms with Gasteiger partial charge in [-0.1, -0.05) is 55.1 Å². The van der Waals surface area contributed by atoms with E-state index in [-0.39, 0.29) is 36.3 Å². The van der Waals surface area contributed by atoms with Crippen molar-refractivity contribution in [2.75, 3.05) is 11.1 Å². The van der Waals surface area contributed by atoms with Crippen LogP contribution in [-0.4, -0.2) is 43.3 Å². The number of nitrogens with one attached hydrogen (secondary N) is 2. The van der Waals surface area contributed by atoms with Crippen molar-refractivity contribution >= 4 is 23.5 Å². The van der Waals surface area contributed by atoms with Gasteiger partial charge in [0.25, 0.3) is 0 Å². The fraction of sp³-hybridized carbons (Fsp3) is 0.545. The number of benzene rings is 2. The molecule has 1 aromatic heterocycles. The largest absolute Gasteiger partial charge is 0.392 e. The molecule has 4 saturated carbocycles. The molecule has 3 aromatic rings. The molecule has 9 nitrogen and oxygen atoms in total. The molecule has 4 aliphatic carbocycles. The molecule has 0 unspecified atom stereocenters. The van der Waals surface area contributed by atoms with E-state index in [0.29, 0.717) is 5.75 Å². The summed E-state index contributed by atoms with van der Waals surface area (Å²) in [4.78, 5) is 13.1. The summed E-state index contributed by atoms with van der Waals surface area (Å²) in [6.45, 7) is 2.16. The molecule has 1 aliphatic heterocycles. The van der Waals surface area contributed by atoms with Gasteiger partial charge in [-0.15, -0.1) is 10.2 Å². The van der Waals surface area contributed by atoms with Crippen LogP contribution in [0.4, 0.5) is 10.5 Å². The summed E-state index contributed by atoms with van der Waals surface area (Å²) in [5.74, 6) is 3.11. The van der Waals surface area contributed by atoms with Gasteiger partial charge in [-0.25, -0.2) is 4.79 Å². The molecule has 2 aromatic carbocycles. The van der Waals surface area contributed by atoms with Gasteiger partial charge in [0, 0.05) is 35.5 Å². The van der Waals surface area contributed by atoms with Gasteiger partial charge >= 0.3 is 6.03 Å². The maximum Gasteiger partial charge on any atom is 0.319 e. The van der Waals surface area contributed by atoms with Crippen LogP contribution in [0.25, 0.3) is 0 Å². The Labute approximate surface area is 257 Å². The van der Waals surface area contributed by atoms with E-state index in [9.17, 15) is 9.90 Å². The van der Waals surface area contributed by atoms with E-state index in [1.54, 1.807) is 18.1 Å². The highest BCUT2D eigenvalue weighted by Gasteiger charge is 2.51. The Balaban J connectivity index is 1.04. The van der Waals surface area contributed by atoms with Gasteiger partial charge in [-0.3, -0.25) is 0 Å². The van der Waals surface area contributed by atoms with Crippen molar-refractivity contribution in [1.29, 1.82) is 0 Å². The Morgan fingerprint density at radius 2 is 1.65 bits per heavy atom. The molecule has 8 rings (SSSR count). The fourth-order valence-corrected chi connectivity index (χ4v) is 9.31. The van der Waals surface area contributed by atoms with Crippen LogP contribution in [0.2, 0.25) is 0 Å². The quantitative estimate of drug-likeness (QED) is 0.272. The maximum absolute atomic E-state index is 13.1. The second-order valence-electron chi connectivity index (χ2n) is 13.3. The van der Waals surface area contributed by atoms with Crippen LogP contribution in [0.5, 0.6) is 0 Å². The number of thioether (sulfide) groups is 1. The molecule has 2 amide bonds. The molecule has 0 radical (unpaired) electrons. The summed E-state index contributed by atoms with van der Waals surface area (Å²) < 4.78 is 15.1. The third kappa shape index (κ3) is 6.07. The van der Waals surface area contributed by atoms with Crippen LogP contribution >= 0.6 is 11.8 Å². The monoisotopic (exact) mass is 603 g/mol. The lowest BCUT2D eigenvalue weighted by atomic mass is 9.53. The number of ether oxygens (including phenoxy) is 2. The third-order valence-corrected chi connectivity index (χ3v) is 11.2. The van der Waals surface area contributed by atoms with E-state index in [2.05, 4.69) is 27.8 Å². The number of aromatic nitrogens is 3. The number of hydrogen-bond donors (Lipinski definition) is 3. The van der Waals surface area contributed by atoms with Crippen molar-refractivity contribution in [2.45, 2.75) is 81.2 Å². The first kappa shape index (κ1) is 28.8. The minimum absolute atomic E-state index is 0.00497. The number of amides is 2. The standard InChI is InChI=1S/C33H41N5O4S/c1-20-28(18-43-32-37-34-19-38(32)2)41-30(42-29(20)25-5-3-21(17-39)4-6-25)26-7-9-27(10-8-26)35-31(40)36-33-14-22-11-23(15-33)13-24(12-22)16-33/h3-10,19-20,22-24,28-30,39H,11-18H2,1-2H3,(H2,35,36,40)/t20-,22?,23?,24?,28+,29+,30+,33?/m1/s1. The van der Waals surface area contributed by atoms with Crippen LogP contribution in [0.1, 0.15) is 74.5 Å². The van der Waals surface area contributed by atoms with Crippen molar-refractivity contribution in [3.05, 3.63) is 71.5 Å². The number of carbonyl (C=O) groups is 1. The predicted molar refractivity (Wildman–Crippen MR) is 164 cm³/mol. The van der Waals surface area contributed by atoms with E-state index < -0.39 is 6.29 Å². The van der Waals surface area contributed by atoms with Crippen molar-refractivity contribution in [1.82, 2.24) is 20.1 Å². The number of hydrogen-bond acceptors (Lipinski definition) is 7. The Kier molecular flexibility index (Phi) is 7.96. The lowest BCUT2D eigenvalue weighted by molar-refractivity contribution is -0.268. The second-order valence-corrected chi connectivity index (χ2v) is 14.2. The molecule has 43 heavy (non-hydrogen) atoms. The first-order chi connectivity index (χ1) is 20.9. The van der Waals surface area contributed by atoms with E-state index in [4.69, 9.17) is 9.47 Å². The number of anilines is 1. The Morgan fingerprint density at radius 1 is 1.00 bits per heavy atom. The summed E-state index contributed by atoms with van der Waals surface area (Å²) in [6, 6.07) is 15.6. The van der Waals surface area contributed by atoms with Crippen LogP contribution < -0.4 is 10.6 Å². The molecular weight excluding hydrogens is 562 g/mol. The summed E-state index contributed by atoms with van der Waals surface area (Å²) in [5, 5.41) is 25.0. The van der Waals surface area contributed by atoms with Gasteiger partial charge in [0.15, 0.2) is 11.4 Å². The minimum atomic E-state index is -0.571. The lowest BCUT2D eigenvalue weighted by Crippen LogP contribution is -2.60. The smallest absolute Gasteiger partial charge is 0.319 e. The summed E-state index contributed by atoms with van der Waals surface area (Å²) in [5.41, 5.74) is 3.53. The molecule has 5 fully saturated rings. The van der Waals surface area contributed by atoms with Gasteiger partial charge in [0.1, 0.15) is 6.33 Å². The molecule has 2 heterocycles. The van der Waals surface area contributed by atoms with Crippen LogP contribution in [-0.2, 0) is 23.1 Å². The molecule has 228 valence electrons. The summed E-state index contributed by atoms with van der Waals surface area (Å²) in [6.07, 6.45) is 8.25. The van der Waals surface area contributed by atoms with Gasteiger partial charge < -0.3 is 29.8 Å². The van der Waals surface area contributed by atoms with Crippen molar-refractivity contribution < 1.29 is 19.4 Å². The van der Waals surface area contributed by atoms with Crippen molar-refractivity contribution in [3.63, 3.8) is 0 Å². The zero-order valence-corrected chi connectivity index (χ0v) is 25.6. The number of aryl methyl sites for hydroxylation is 1. The zero-order valence-electron chi connectivity index (χ0n) is 24.8. The van der Waals surface area contributed by atoms with Crippen molar-refractivity contribution in [3.8, 4) is 0 Å². The first-order valence-electron chi connectivity index (χ1n) is 15.5. The Bertz CT molecular complexity index is 1390. The van der Waals surface area contributed by atoms with E-state index in [0.717, 1.165) is 64.6 Å². The normalized spacial score (nSPS) is 33.0. The SMILES string of the molecule is C[C@@H]1[C@H](CSc2nncn2C)O[C@H](c2ccc(NC(=O)NC34CC5CC(CC(C5)C3)C4)cc2)O[C@@H]1c1ccc(CO)cc1. The van der Waals surface area contributed by atoms with Crippen LogP contribution in [0, 0.1) is 23.7 Å².